The molecule has 0 fully saturated rings. The van der Waals surface area contributed by atoms with Gasteiger partial charge in [-0.15, -0.1) is 0 Å². The molecule has 1 atom stereocenters. The molecule has 5 nitrogen and oxygen atoms in total. The number of rotatable bonds is 3. The maximum absolute atomic E-state index is 10.8. The summed E-state index contributed by atoms with van der Waals surface area (Å²) in [5.74, 6) is 0. The van der Waals surface area contributed by atoms with E-state index < -0.39 is 0 Å². The maximum Gasteiger partial charge on any atom is 0.151 e. The third-order valence-electron chi connectivity index (χ3n) is 2.96. The third-order valence-corrected chi connectivity index (χ3v) is 4.84. The molecule has 3 aromatic heterocycles. The molecule has 1 unspecified atom stereocenters. The van der Waals surface area contributed by atoms with E-state index in [9.17, 15) is 4.79 Å². The lowest BCUT2D eigenvalue weighted by Crippen LogP contribution is -1.90. The van der Waals surface area contributed by atoms with Gasteiger partial charge in [0.1, 0.15) is 0 Å². The summed E-state index contributed by atoms with van der Waals surface area (Å²) in [5.41, 5.74) is 4.83. The Kier molecular flexibility index (Phi) is 3.76. The van der Waals surface area contributed by atoms with Crippen molar-refractivity contribution in [1.82, 2.24) is 19.5 Å². The van der Waals surface area contributed by atoms with Crippen molar-refractivity contribution in [1.29, 1.82) is 0 Å². The summed E-state index contributed by atoms with van der Waals surface area (Å²) in [6.07, 6.45) is 4.88. The lowest BCUT2D eigenvalue weighted by atomic mass is 10.1. The van der Waals surface area contributed by atoms with Crippen LogP contribution in [0, 0.1) is 6.92 Å². The number of aromatic nitrogens is 4. The molecule has 20 heavy (non-hydrogen) atoms. The minimum atomic E-state index is 0.531. The number of aldehydes is 1. The molecule has 0 radical (unpaired) electrons. The molecule has 7 heteroatoms. The number of carbonyl (C=O) groups is 1. The second-order valence-corrected chi connectivity index (χ2v) is 6.35. The molecule has 0 aliphatic rings. The van der Waals surface area contributed by atoms with E-state index in [1.165, 1.54) is 0 Å². The zero-order valence-corrected chi connectivity index (χ0v) is 13.7. The van der Waals surface area contributed by atoms with Gasteiger partial charge in [0.05, 0.1) is 28.8 Å². The summed E-state index contributed by atoms with van der Waals surface area (Å²) in [6.45, 7) is 1.97. The van der Waals surface area contributed by atoms with Crippen LogP contribution in [0.15, 0.2) is 30.6 Å². The average molecular weight is 396 g/mol. The first-order valence-electron chi connectivity index (χ1n) is 5.86. The Morgan fingerprint density at radius 2 is 2.20 bits per heavy atom. The molecule has 0 aliphatic heterocycles. The maximum atomic E-state index is 10.8. The van der Waals surface area contributed by atoms with E-state index in [-0.39, 0.29) is 0 Å². The SMILES string of the molecule is Cc1nn(PI)cc1-c1ccc2ncc(C=O)cc2n1. The largest absolute Gasteiger partial charge is 0.298 e. The van der Waals surface area contributed by atoms with Gasteiger partial charge in [0.15, 0.2) is 6.29 Å². The van der Waals surface area contributed by atoms with E-state index in [1.807, 2.05) is 29.7 Å². The van der Waals surface area contributed by atoms with E-state index in [0.717, 1.165) is 34.3 Å². The number of pyridine rings is 2. The minimum absolute atomic E-state index is 0.531. The Bertz CT molecular complexity index is 802. The highest BCUT2D eigenvalue weighted by Crippen LogP contribution is 2.29. The predicted octanol–water partition coefficient (Wildman–Crippen LogP) is 3.41. The van der Waals surface area contributed by atoms with Crippen LogP contribution in [0.1, 0.15) is 16.1 Å². The van der Waals surface area contributed by atoms with Crippen LogP contribution in [0.4, 0.5) is 0 Å². The van der Waals surface area contributed by atoms with Gasteiger partial charge in [0, 0.05) is 23.5 Å². The summed E-state index contributed by atoms with van der Waals surface area (Å²) in [4.78, 5) is 19.6. The number of hydrogen-bond donors (Lipinski definition) is 0. The molecule has 3 rings (SSSR count). The van der Waals surface area contributed by atoms with Crippen LogP contribution in [0.3, 0.4) is 0 Å². The zero-order valence-electron chi connectivity index (χ0n) is 10.5. The molecule has 0 aliphatic carbocycles. The van der Waals surface area contributed by atoms with Crippen LogP contribution in [-0.4, -0.2) is 25.8 Å². The van der Waals surface area contributed by atoms with Gasteiger partial charge < -0.3 is 0 Å². The Labute approximate surface area is 130 Å². The van der Waals surface area contributed by atoms with Crippen molar-refractivity contribution in [3.05, 3.63) is 41.9 Å². The molecular formula is C13H10IN4OP. The highest BCUT2D eigenvalue weighted by Gasteiger charge is 2.09. The number of aryl methyl sites for hydroxylation is 1. The van der Waals surface area contributed by atoms with Gasteiger partial charge in [0.25, 0.3) is 0 Å². The predicted molar refractivity (Wildman–Crippen MR) is 88.6 cm³/mol. The molecule has 0 spiro atoms. The third kappa shape index (κ3) is 2.45. The molecule has 0 bridgehead atoms. The number of hydrogen-bond acceptors (Lipinski definition) is 4. The standard InChI is InChI=1S/C13H10IN4OP/c1-8-10(6-18(17-8)20-14)11-2-3-12-13(16-11)4-9(7-19)5-15-12/h2-7,20H,1H3. The first-order valence-corrected chi connectivity index (χ1v) is 9.92. The van der Waals surface area contributed by atoms with Crippen LogP contribution in [-0.2, 0) is 0 Å². The highest BCUT2D eigenvalue weighted by molar-refractivity contribution is 14.2. The van der Waals surface area contributed by atoms with E-state index >= 15 is 0 Å². The number of fused-ring (bicyclic) bond motifs is 1. The summed E-state index contributed by atoms with van der Waals surface area (Å²) >= 11 is 2.29. The van der Waals surface area contributed by atoms with Crippen LogP contribution in [0.5, 0.6) is 0 Å². The lowest BCUT2D eigenvalue weighted by Gasteiger charge is -2.02. The fourth-order valence-electron chi connectivity index (χ4n) is 1.99. The van der Waals surface area contributed by atoms with Crippen LogP contribution < -0.4 is 0 Å². The molecule has 3 heterocycles. The molecule has 0 aromatic carbocycles. The Balaban J connectivity index is 2.15. The number of halogens is 1. The number of nitrogens with zero attached hydrogens (tertiary/aromatic N) is 4. The molecule has 0 amide bonds. The smallest absolute Gasteiger partial charge is 0.151 e. The van der Waals surface area contributed by atoms with Gasteiger partial charge in [-0.25, -0.2) is 9.44 Å². The second-order valence-electron chi connectivity index (χ2n) is 4.28. The minimum Gasteiger partial charge on any atom is -0.298 e. The van der Waals surface area contributed by atoms with Crippen molar-refractivity contribution >= 4 is 45.7 Å². The summed E-state index contributed by atoms with van der Waals surface area (Å²) in [6, 6.07) is 5.59. The second kappa shape index (κ2) is 5.54. The highest BCUT2D eigenvalue weighted by atomic mass is 127. The average Bonchev–Trinajstić information content (AvgIpc) is 2.87. The van der Waals surface area contributed by atoms with Crippen molar-refractivity contribution in [2.45, 2.75) is 6.92 Å². The van der Waals surface area contributed by atoms with Crippen molar-refractivity contribution < 1.29 is 4.79 Å². The molecular weight excluding hydrogens is 386 g/mol. The van der Waals surface area contributed by atoms with Gasteiger partial charge in [-0.3, -0.25) is 9.78 Å². The van der Waals surface area contributed by atoms with Crippen molar-refractivity contribution in [3.8, 4) is 11.3 Å². The van der Waals surface area contributed by atoms with Gasteiger partial charge in [-0.2, -0.15) is 5.10 Å². The van der Waals surface area contributed by atoms with E-state index in [2.05, 4.69) is 37.1 Å². The van der Waals surface area contributed by atoms with Crippen LogP contribution in [0.2, 0.25) is 0 Å². The summed E-state index contributed by atoms with van der Waals surface area (Å²) in [5, 5.41) is 4.43. The lowest BCUT2D eigenvalue weighted by molar-refractivity contribution is 0.112. The first-order chi connectivity index (χ1) is 9.71. The monoisotopic (exact) mass is 396 g/mol. The Hall–Kier alpha value is -1.40. The van der Waals surface area contributed by atoms with E-state index in [0.29, 0.717) is 11.9 Å². The van der Waals surface area contributed by atoms with Crippen LogP contribution >= 0.6 is 28.4 Å². The first kappa shape index (κ1) is 13.6. The molecule has 0 saturated carbocycles. The zero-order chi connectivity index (χ0) is 14.1. The summed E-state index contributed by atoms with van der Waals surface area (Å²) < 4.78 is 1.90. The fraction of sp³-hybridized carbons (Fsp3) is 0.0769. The van der Waals surface area contributed by atoms with Gasteiger partial charge >= 0.3 is 0 Å². The normalized spacial score (nSPS) is 11.5. The van der Waals surface area contributed by atoms with E-state index in [4.69, 9.17) is 0 Å². The molecule has 0 saturated heterocycles. The number of carbonyl (C=O) groups excluding carboxylic acids is 1. The Morgan fingerprint density at radius 3 is 2.90 bits per heavy atom. The molecule has 0 N–H and O–H groups in total. The van der Waals surface area contributed by atoms with Crippen molar-refractivity contribution in [3.63, 3.8) is 0 Å². The fourth-order valence-corrected chi connectivity index (χ4v) is 3.10. The van der Waals surface area contributed by atoms with Gasteiger partial charge in [-0.1, -0.05) is 0 Å². The van der Waals surface area contributed by atoms with Crippen LogP contribution in [0.25, 0.3) is 22.3 Å². The molecule has 100 valence electrons. The van der Waals surface area contributed by atoms with E-state index in [1.54, 1.807) is 12.3 Å². The quantitative estimate of drug-likeness (QED) is 0.387. The molecule has 3 aromatic rings. The van der Waals surface area contributed by atoms with Crippen molar-refractivity contribution in [2.24, 2.45) is 0 Å². The van der Waals surface area contributed by atoms with Gasteiger partial charge in [0.2, 0.25) is 0 Å². The Morgan fingerprint density at radius 1 is 1.35 bits per heavy atom. The van der Waals surface area contributed by atoms with Crippen molar-refractivity contribution in [2.75, 3.05) is 0 Å². The van der Waals surface area contributed by atoms with Gasteiger partial charge in [-0.05, 0) is 47.2 Å². The topological polar surface area (TPSA) is 60.7 Å². The summed E-state index contributed by atoms with van der Waals surface area (Å²) in [7, 11) is 0.